The van der Waals surface area contributed by atoms with Crippen molar-refractivity contribution in [2.75, 3.05) is 0 Å². The minimum Gasteiger partial charge on any atom is -0.261 e. The van der Waals surface area contributed by atoms with E-state index in [1.165, 1.54) is 193 Å². The molecule has 0 N–H and O–H groups in total. The second kappa shape index (κ2) is 36.9. The first-order chi connectivity index (χ1) is 54.9. The van der Waals surface area contributed by atoms with Crippen LogP contribution in [0.15, 0.2) is 91.6 Å². The molecule has 12 nitrogen and oxygen atoms in total. The van der Waals surface area contributed by atoms with Crippen LogP contribution in [0.25, 0.3) is 87.4 Å². The van der Waals surface area contributed by atoms with Crippen molar-refractivity contribution in [3.8, 4) is 0 Å². The summed E-state index contributed by atoms with van der Waals surface area (Å²) in [5, 5.41) is 9.30. The van der Waals surface area contributed by atoms with Gasteiger partial charge in [0, 0.05) is 81.0 Å². The summed E-state index contributed by atoms with van der Waals surface area (Å²) in [6.45, 7) is 78.7. The minimum absolute atomic E-state index is 0.968. The standard InChI is InChI=1S/2C16H21N.C14H18N2.C13H16N2.C13H15N.C12H13N.C11H12N2.C10H10N2/c1-8-9(2)13(6)16-15(11(8)4)12(5)10(3)14(7)17-16;1-8-9(2)11(4)16-14(7)17-13(6)12(5)15(16)10(8)3;1-7-8(2)10(4)14-13(9(7)3)15-11(5)12(6)16-14;1-7-6-12-13(9(3)8(7)2)15-11(5)10(4)14-12;1-8-5-9(2)13-10(3)11(4)14-7-12(13)6-8;1-8-4-5-12-9(2)10(3)13-7-11(12)6-8;1-7-4-5-10-11(9(7)3)12-6-8(2)13-10;1-7-3-4-9-10(8(7)2)12-6-5-11-9/h2*1-7H3;1-6H3;6H,1-5H3;5-7H,1-4H3;4-7H,1-3H3;4-6H,1-3H3;3-6H,1-2H3. The Hall–Kier alpha value is -11.2. The average molecular weight is 1560 g/mol. The van der Waals surface area contributed by atoms with Crippen molar-refractivity contribution < 1.29 is 0 Å². The molecule has 16 aromatic rings. The van der Waals surface area contributed by atoms with Crippen molar-refractivity contribution >= 4 is 87.4 Å². The zero-order valence-electron chi connectivity index (χ0n) is 77.5. The van der Waals surface area contributed by atoms with Crippen LogP contribution >= 0.6 is 0 Å². The molecular formula is C105H126N12. The number of nitrogens with zero attached hydrogens (tertiary/aromatic N) is 12. The van der Waals surface area contributed by atoms with Crippen LogP contribution in [0.1, 0.15) is 207 Å². The molecule has 117 heavy (non-hydrogen) atoms. The van der Waals surface area contributed by atoms with Crippen LogP contribution in [0.5, 0.6) is 0 Å². The van der Waals surface area contributed by atoms with Gasteiger partial charge in [0.2, 0.25) is 0 Å². The van der Waals surface area contributed by atoms with Crippen LogP contribution in [0.2, 0.25) is 0 Å². The van der Waals surface area contributed by atoms with Gasteiger partial charge in [0.25, 0.3) is 0 Å². The molecule has 8 aromatic heterocycles. The maximum absolute atomic E-state index is 4.80. The van der Waals surface area contributed by atoms with Gasteiger partial charge < -0.3 is 0 Å². The number of aromatic nitrogens is 12. The second-order valence-electron chi connectivity index (χ2n) is 33.0. The average Bonchev–Trinajstić information content (AvgIpc) is 0.756. The Bertz CT molecular complexity index is 6410. The van der Waals surface area contributed by atoms with Gasteiger partial charge >= 0.3 is 0 Å². The molecule has 606 valence electrons. The van der Waals surface area contributed by atoms with Crippen molar-refractivity contribution in [1.82, 2.24) is 59.8 Å². The predicted octanol–water partition coefficient (Wildman–Crippen LogP) is 26.9. The van der Waals surface area contributed by atoms with Gasteiger partial charge in [-0.25, -0.2) is 24.9 Å². The number of hydrogen-bond donors (Lipinski definition) is 0. The first-order valence-corrected chi connectivity index (χ1v) is 41.0. The number of fused-ring (bicyclic) bond motifs is 8. The fourth-order valence-electron chi connectivity index (χ4n) is 15.6. The zero-order chi connectivity index (χ0) is 86.7. The molecule has 0 fully saturated rings. The van der Waals surface area contributed by atoms with E-state index in [2.05, 4.69) is 325 Å². The van der Waals surface area contributed by atoms with Gasteiger partial charge in [0.1, 0.15) is 0 Å². The molecule has 0 spiro atoms. The molecule has 0 saturated carbocycles. The van der Waals surface area contributed by atoms with Gasteiger partial charge in [0.05, 0.1) is 78.1 Å². The summed E-state index contributed by atoms with van der Waals surface area (Å²) in [5.41, 5.74) is 55.9. The molecule has 0 saturated heterocycles. The Morgan fingerprint density at radius 1 is 0.179 bits per heavy atom. The third-order valence-corrected chi connectivity index (χ3v) is 25.5. The summed E-state index contributed by atoms with van der Waals surface area (Å²) in [5.74, 6) is 0. The summed E-state index contributed by atoms with van der Waals surface area (Å²) >= 11 is 0. The number of rotatable bonds is 0. The first-order valence-electron chi connectivity index (χ1n) is 41.0. The van der Waals surface area contributed by atoms with Gasteiger partial charge in [-0.15, -0.1) is 0 Å². The van der Waals surface area contributed by atoms with Crippen LogP contribution < -0.4 is 0 Å². The van der Waals surface area contributed by atoms with Crippen LogP contribution in [-0.4, -0.2) is 59.8 Å². The van der Waals surface area contributed by atoms with E-state index in [4.69, 9.17) is 4.98 Å². The quantitative estimate of drug-likeness (QED) is 0.142. The van der Waals surface area contributed by atoms with Gasteiger partial charge in [-0.05, 0) is 442 Å². The van der Waals surface area contributed by atoms with E-state index in [9.17, 15) is 0 Å². The van der Waals surface area contributed by atoms with E-state index >= 15 is 0 Å². The molecule has 0 amide bonds. The SMILES string of the molecule is Cc1cc(C)c2c(C)c(C)ncc2c1.Cc1cc2nc(C)c(C)nc2c(C)c1C.Cc1ccc2c(C)c(C)ncc2c1.Cc1ccc2nccnc2c1C.Cc1cnc2c(C)c(C)ccc2n1.Cc1nc(C)c2c(C)c(C)c(C)c(C)c2c1C.Cc1nc2c(C)c(C)c(C)c(C)c2c(C)c1C.Cc1nc2c(C)c(C)c(C)c(C)c2nc1C. The molecular weight excluding hydrogens is 1430 g/mol. The maximum atomic E-state index is 4.80. The highest BCUT2D eigenvalue weighted by atomic mass is 14.8. The Balaban J connectivity index is 0.000000153. The minimum atomic E-state index is 0.968. The molecule has 0 aliphatic heterocycles. The van der Waals surface area contributed by atoms with Crippen molar-refractivity contribution in [2.45, 2.75) is 256 Å². The lowest BCUT2D eigenvalue weighted by atomic mass is 9.89. The summed E-state index contributed by atoms with van der Waals surface area (Å²) < 4.78 is 0. The van der Waals surface area contributed by atoms with Crippen molar-refractivity contribution in [3.63, 3.8) is 0 Å². The Kier molecular flexibility index (Phi) is 28.3. The third-order valence-electron chi connectivity index (χ3n) is 25.5. The van der Waals surface area contributed by atoms with Crippen LogP contribution in [0.3, 0.4) is 0 Å². The van der Waals surface area contributed by atoms with Crippen LogP contribution in [0, 0.1) is 256 Å². The topological polar surface area (TPSA) is 155 Å². The lowest BCUT2D eigenvalue weighted by Crippen LogP contribution is -2.01. The molecule has 8 heterocycles. The number of benzene rings is 8. The molecule has 0 radical (unpaired) electrons. The number of pyridine rings is 4. The second-order valence-corrected chi connectivity index (χ2v) is 33.0. The third kappa shape index (κ3) is 18.9. The van der Waals surface area contributed by atoms with Crippen molar-refractivity contribution in [3.05, 3.63) is 299 Å². The first kappa shape index (κ1) is 89.7. The maximum Gasteiger partial charge on any atom is 0.0924 e. The normalized spacial score (nSPS) is 10.9. The Morgan fingerprint density at radius 3 is 1.18 bits per heavy atom. The molecule has 0 aliphatic rings. The molecule has 16 rings (SSSR count). The summed E-state index contributed by atoms with van der Waals surface area (Å²) in [4.78, 5) is 54.0. The van der Waals surface area contributed by atoms with Gasteiger partial charge in [-0.3, -0.25) is 34.9 Å². The van der Waals surface area contributed by atoms with Crippen molar-refractivity contribution in [1.29, 1.82) is 0 Å². The van der Waals surface area contributed by atoms with Gasteiger partial charge in [-0.2, -0.15) is 0 Å². The van der Waals surface area contributed by atoms with Gasteiger partial charge in [0.15, 0.2) is 0 Å². The highest BCUT2D eigenvalue weighted by Crippen LogP contribution is 2.36. The monoisotopic (exact) mass is 1560 g/mol. The number of aryl methyl sites for hydroxylation is 29. The predicted molar refractivity (Wildman–Crippen MR) is 500 cm³/mol. The molecule has 0 atom stereocenters. The summed E-state index contributed by atoms with van der Waals surface area (Å²) in [6.07, 6.45) is 9.18. The molecule has 8 aromatic carbocycles. The van der Waals surface area contributed by atoms with Crippen LogP contribution in [0.4, 0.5) is 0 Å². The molecule has 12 heteroatoms. The Morgan fingerprint density at radius 2 is 0.607 bits per heavy atom. The molecule has 0 unspecified atom stereocenters. The van der Waals surface area contributed by atoms with Crippen LogP contribution in [-0.2, 0) is 0 Å². The van der Waals surface area contributed by atoms with E-state index in [1.54, 1.807) is 12.4 Å². The van der Waals surface area contributed by atoms with E-state index in [0.717, 1.165) is 101 Å². The highest BCUT2D eigenvalue weighted by molar-refractivity contribution is 5.96. The van der Waals surface area contributed by atoms with Crippen molar-refractivity contribution in [2.24, 2.45) is 0 Å². The number of hydrogen-bond acceptors (Lipinski definition) is 12. The summed E-state index contributed by atoms with van der Waals surface area (Å²) in [6, 6.07) is 21.2. The fraction of sp³-hybridized carbons (Fsp3) is 0.352. The molecule has 0 bridgehead atoms. The van der Waals surface area contributed by atoms with E-state index in [-0.39, 0.29) is 0 Å². The van der Waals surface area contributed by atoms with E-state index in [1.807, 2.05) is 65.3 Å². The molecule has 0 aliphatic carbocycles. The fourth-order valence-corrected chi connectivity index (χ4v) is 15.6. The van der Waals surface area contributed by atoms with E-state index < -0.39 is 0 Å². The summed E-state index contributed by atoms with van der Waals surface area (Å²) in [7, 11) is 0. The smallest absolute Gasteiger partial charge is 0.0924 e. The highest BCUT2D eigenvalue weighted by Gasteiger charge is 2.19. The largest absolute Gasteiger partial charge is 0.261 e. The zero-order valence-corrected chi connectivity index (χ0v) is 77.5. The van der Waals surface area contributed by atoms with E-state index in [0.29, 0.717) is 0 Å². The lowest BCUT2D eigenvalue weighted by molar-refractivity contribution is 1.08. The van der Waals surface area contributed by atoms with Gasteiger partial charge in [-0.1, -0.05) is 41.5 Å². The Labute approximate surface area is 697 Å². The lowest BCUT2D eigenvalue weighted by Gasteiger charge is -2.18.